The monoisotopic (exact) mass is 234 g/mol. The standard InChI is InChI=1S/C8H14N2O2S2/c1-2-4-9-8(13)10-7-3-5-14(11,12)6-7/h2,7H,1,3-6H2,(H2,9,10,13). The number of thiocarbonyl (C=S) groups is 1. The normalized spacial score (nSPS) is 24.1. The smallest absolute Gasteiger partial charge is 0.166 e. The molecule has 1 rings (SSSR count). The van der Waals surface area contributed by atoms with Crippen LogP contribution in [-0.2, 0) is 9.84 Å². The van der Waals surface area contributed by atoms with E-state index in [2.05, 4.69) is 17.2 Å². The molecule has 1 heterocycles. The van der Waals surface area contributed by atoms with Crippen LogP contribution in [0.1, 0.15) is 6.42 Å². The van der Waals surface area contributed by atoms with Gasteiger partial charge in [-0.05, 0) is 18.6 Å². The molecule has 1 unspecified atom stereocenters. The lowest BCUT2D eigenvalue weighted by molar-refractivity contribution is 0.600. The van der Waals surface area contributed by atoms with Gasteiger partial charge in [-0.15, -0.1) is 6.58 Å². The van der Waals surface area contributed by atoms with E-state index >= 15 is 0 Å². The topological polar surface area (TPSA) is 58.2 Å². The molecule has 1 fully saturated rings. The van der Waals surface area contributed by atoms with E-state index in [-0.39, 0.29) is 17.5 Å². The highest BCUT2D eigenvalue weighted by atomic mass is 32.2. The third-order valence-corrected chi connectivity index (χ3v) is 4.00. The molecule has 0 aromatic rings. The fourth-order valence-corrected chi connectivity index (χ4v) is 3.23. The molecule has 0 saturated carbocycles. The van der Waals surface area contributed by atoms with Gasteiger partial charge in [0.1, 0.15) is 0 Å². The van der Waals surface area contributed by atoms with Crippen LogP contribution in [0.15, 0.2) is 12.7 Å². The number of nitrogens with one attached hydrogen (secondary N) is 2. The summed E-state index contributed by atoms with van der Waals surface area (Å²) >= 11 is 4.97. The van der Waals surface area contributed by atoms with E-state index in [1.165, 1.54) is 0 Å². The molecular formula is C8H14N2O2S2. The molecule has 14 heavy (non-hydrogen) atoms. The van der Waals surface area contributed by atoms with Crippen LogP contribution in [-0.4, -0.2) is 37.6 Å². The molecule has 0 bridgehead atoms. The lowest BCUT2D eigenvalue weighted by Crippen LogP contribution is -2.42. The van der Waals surface area contributed by atoms with Gasteiger partial charge in [-0.2, -0.15) is 0 Å². The molecule has 1 aliphatic rings. The molecule has 1 atom stereocenters. The Kier molecular flexibility index (Phi) is 3.88. The van der Waals surface area contributed by atoms with Gasteiger partial charge in [0.05, 0.1) is 11.5 Å². The van der Waals surface area contributed by atoms with Crippen molar-refractivity contribution in [3.05, 3.63) is 12.7 Å². The second kappa shape index (κ2) is 4.75. The molecule has 0 radical (unpaired) electrons. The molecule has 0 spiro atoms. The summed E-state index contributed by atoms with van der Waals surface area (Å²) in [7, 11) is -2.83. The van der Waals surface area contributed by atoms with E-state index in [1.807, 2.05) is 0 Å². The minimum atomic E-state index is -2.83. The highest BCUT2D eigenvalue weighted by Gasteiger charge is 2.27. The van der Waals surface area contributed by atoms with Crippen molar-refractivity contribution in [2.45, 2.75) is 12.5 Å². The van der Waals surface area contributed by atoms with Crippen molar-refractivity contribution in [2.75, 3.05) is 18.1 Å². The lowest BCUT2D eigenvalue weighted by Gasteiger charge is -2.13. The second-order valence-corrected chi connectivity index (χ2v) is 5.88. The van der Waals surface area contributed by atoms with Crippen molar-refractivity contribution in [3.63, 3.8) is 0 Å². The van der Waals surface area contributed by atoms with Crippen molar-refractivity contribution in [1.82, 2.24) is 10.6 Å². The van der Waals surface area contributed by atoms with Crippen LogP contribution in [0.2, 0.25) is 0 Å². The fourth-order valence-electron chi connectivity index (χ4n) is 1.31. The largest absolute Gasteiger partial charge is 0.359 e. The Labute approximate surface area is 89.7 Å². The molecule has 4 nitrogen and oxygen atoms in total. The molecular weight excluding hydrogens is 220 g/mol. The Balaban J connectivity index is 2.32. The highest BCUT2D eigenvalue weighted by Crippen LogP contribution is 2.10. The van der Waals surface area contributed by atoms with E-state index in [1.54, 1.807) is 6.08 Å². The Morgan fingerprint density at radius 2 is 2.36 bits per heavy atom. The van der Waals surface area contributed by atoms with Gasteiger partial charge in [0, 0.05) is 12.6 Å². The van der Waals surface area contributed by atoms with Gasteiger partial charge in [0.2, 0.25) is 0 Å². The SMILES string of the molecule is C=CCNC(=S)NC1CCS(=O)(=O)C1. The molecule has 80 valence electrons. The second-order valence-electron chi connectivity index (χ2n) is 3.24. The average molecular weight is 234 g/mol. The van der Waals surface area contributed by atoms with Gasteiger partial charge in [-0.1, -0.05) is 6.08 Å². The van der Waals surface area contributed by atoms with Crippen molar-refractivity contribution in [3.8, 4) is 0 Å². The zero-order chi connectivity index (χ0) is 10.6. The predicted molar refractivity (Wildman–Crippen MR) is 61.0 cm³/mol. The minimum absolute atomic E-state index is 0.0372. The molecule has 2 N–H and O–H groups in total. The first-order valence-corrected chi connectivity index (χ1v) is 6.62. The Bertz CT molecular complexity index is 324. The van der Waals surface area contributed by atoms with Crippen LogP contribution in [0, 0.1) is 0 Å². The van der Waals surface area contributed by atoms with E-state index in [0.717, 1.165) is 0 Å². The molecule has 0 aliphatic carbocycles. The number of hydrogen-bond donors (Lipinski definition) is 2. The van der Waals surface area contributed by atoms with E-state index in [0.29, 0.717) is 18.1 Å². The molecule has 1 aliphatic heterocycles. The summed E-state index contributed by atoms with van der Waals surface area (Å²) in [5, 5.41) is 6.35. The third kappa shape index (κ3) is 3.63. The molecule has 6 heteroatoms. The van der Waals surface area contributed by atoms with Crippen LogP contribution >= 0.6 is 12.2 Å². The molecule has 0 amide bonds. The zero-order valence-corrected chi connectivity index (χ0v) is 9.46. The maximum Gasteiger partial charge on any atom is 0.166 e. The zero-order valence-electron chi connectivity index (χ0n) is 7.82. The Morgan fingerprint density at radius 3 is 2.86 bits per heavy atom. The van der Waals surface area contributed by atoms with Gasteiger partial charge in [-0.25, -0.2) is 8.42 Å². The van der Waals surface area contributed by atoms with Gasteiger partial charge >= 0.3 is 0 Å². The molecule has 0 aromatic heterocycles. The fraction of sp³-hybridized carbons (Fsp3) is 0.625. The van der Waals surface area contributed by atoms with Gasteiger partial charge in [-0.3, -0.25) is 0 Å². The summed E-state index contributed by atoms with van der Waals surface area (Å²) < 4.78 is 22.2. The number of rotatable bonds is 3. The molecule has 1 saturated heterocycles. The summed E-state index contributed by atoms with van der Waals surface area (Å²) in [5.41, 5.74) is 0. The summed E-state index contributed by atoms with van der Waals surface area (Å²) in [6, 6.07) is -0.0372. The van der Waals surface area contributed by atoms with E-state index in [4.69, 9.17) is 12.2 Å². The van der Waals surface area contributed by atoms with Crippen molar-refractivity contribution in [1.29, 1.82) is 0 Å². The van der Waals surface area contributed by atoms with Crippen LogP contribution in [0.3, 0.4) is 0 Å². The summed E-state index contributed by atoms with van der Waals surface area (Å²) in [6.45, 7) is 4.13. The minimum Gasteiger partial charge on any atom is -0.359 e. The quantitative estimate of drug-likeness (QED) is 0.524. The lowest BCUT2D eigenvalue weighted by atomic mass is 10.3. The first-order valence-electron chi connectivity index (χ1n) is 4.39. The van der Waals surface area contributed by atoms with Crippen molar-refractivity contribution < 1.29 is 8.42 Å². The van der Waals surface area contributed by atoms with Crippen molar-refractivity contribution in [2.24, 2.45) is 0 Å². The number of hydrogen-bond acceptors (Lipinski definition) is 3. The number of sulfone groups is 1. The molecule has 0 aromatic carbocycles. The third-order valence-electron chi connectivity index (χ3n) is 1.97. The van der Waals surface area contributed by atoms with Gasteiger partial charge in [0.25, 0.3) is 0 Å². The maximum absolute atomic E-state index is 11.1. The van der Waals surface area contributed by atoms with Crippen LogP contribution < -0.4 is 10.6 Å². The summed E-state index contributed by atoms with van der Waals surface area (Å²) in [4.78, 5) is 0. The van der Waals surface area contributed by atoms with Crippen LogP contribution in [0.4, 0.5) is 0 Å². The maximum atomic E-state index is 11.1. The van der Waals surface area contributed by atoms with Crippen LogP contribution in [0.5, 0.6) is 0 Å². The van der Waals surface area contributed by atoms with Gasteiger partial charge in [0.15, 0.2) is 14.9 Å². The highest BCUT2D eigenvalue weighted by molar-refractivity contribution is 7.91. The Morgan fingerprint density at radius 1 is 1.64 bits per heavy atom. The summed E-state index contributed by atoms with van der Waals surface area (Å²) in [6.07, 6.45) is 2.33. The Hall–Kier alpha value is -0.620. The van der Waals surface area contributed by atoms with Crippen molar-refractivity contribution >= 4 is 27.2 Å². The van der Waals surface area contributed by atoms with E-state index in [9.17, 15) is 8.42 Å². The predicted octanol–water partition coefficient (Wildman–Crippen LogP) is -0.176. The van der Waals surface area contributed by atoms with E-state index < -0.39 is 9.84 Å². The van der Waals surface area contributed by atoms with Crippen LogP contribution in [0.25, 0.3) is 0 Å². The average Bonchev–Trinajstić information content (AvgIpc) is 2.42. The summed E-state index contributed by atoms with van der Waals surface area (Å²) in [5.74, 6) is 0.442. The first-order chi connectivity index (χ1) is 6.53. The van der Waals surface area contributed by atoms with Gasteiger partial charge < -0.3 is 10.6 Å². The first kappa shape index (κ1) is 11.5.